The highest BCUT2D eigenvalue weighted by atomic mass is 79.9. The van der Waals surface area contributed by atoms with E-state index in [1.165, 1.54) is 11.3 Å². The van der Waals surface area contributed by atoms with Gasteiger partial charge in [0, 0.05) is 17.9 Å². The van der Waals surface area contributed by atoms with Crippen molar-refractivity contribution in [1.82, 2.24) is 0 Å². The summed E-state index contributed by atoms with van der Waals surface area (Å²) in [6, 6.07) is 3.74. The van der Waals surface area contributed by atoms with Crippen LogP contribution in [0.4, 0.5) is 13.2 Å². The number of halogens is 4. The minimum absolute atomic E-state index is 0.0901. The smallest absolute Gasteiger partial charge is 0.393 e. The van der Waals surface area contributed by atoms with E-state index in [0.717, 1.165) is 8.66 Å². The molecule has 1 atom stereocenters. The maximum Gasteiger partial charge on any atom is 0.411 e. The molecule has 1 rings (SSSR count). The SMILES string of the molecule is OC(CCOCC(F)(F)F)Cc1ccc(Br)s1. The van der Waals surface area contributed by atoms with E-state index in [4.69, 9.17) is 0 Å². The van der Waals surface area contributed by atoms with Crippen LogP contribution in [0.3, 0.4) is 0 Å². The van der Waals surface area contributed by atoms with Crippen molar-refractivity contribution in [3.63, 3.8) is 0 Å². The minimum atomic E-state index is -4.30. The predicted octanol–water partition coefficient (Wildman–Crippen LogP) is 3.38. The lowest BCUT2D eigenvalue weighted by molar-refractivity contribution is -0.175. The van der Waals surface area contributed by atoms with Crippen LogP contribution in [0.25, 0.3) is 0 Å². The van der Waals surface area contributed by atoms with Crippen LogP contribution in [-0.2, 0) is 11.2 Å². The van der Waals surface area contributed by atoms with Crippen LogP contribution >= 0.6 is 27.3 Å². The van der Waals surface area contributed by atoms with E-state index in [-0.39, 0.29) is 13.0 Å². The summed E-state index contributed by atoms with van der Waals surface area (Å²) in [5.74, 6) is 0. The molecule has 1 unspecified atom stereocenters. The number of alkyl halides is 3. The molecule has 0 spiro atoms. The molecule has 98 valence electrons. The summed E-state index contributed by atoms with van der Waals surface area (Å²) in [5, 5.41) is 9.57. The highest BCUT2D eigenvalue weighted by molar-refractivity contribution is 9.11. The van der Waals surface area contributed by atoms with Crippen molar-refractivity contribution < 1.29 is 23.0 Å². The van der Waals surface area contributed by atoms with Gasteiger partial charge >= 0.3 is 6.18 Å². The van der Waals surface area contributed by atoms with Crippen LogP contribution in [0.2, 0.25) is 0 Å². The van der Waals surface area contributed by atoms with Crippen molar-refractivity contribution in [3.05, 3.63) is 20.8 Å². The molecule has 1 heterocycles. The molecule has 0 aromatic carbocycles. The largest absolute Gasteiger partial charge is 0.411 e. The summed E-state index contributed by atoms with van der Waals surface area (Å²) in [6.07, 6.45) is -4.34. The normalized spacial score (nSPS) is 13.9. The van der Waals surface area contributed by atoms with Crippen LogP contribution in [0, 0.1) is 0 Å². The molecule has 0 aliphatic carbocycles. The minimum Gasteiger partial charge on any atom is -0.393 e. The van der Waals surface area contributed by atoms with Crippen molar-refractivity contribution in [2.45, 2.75) is 25.1 Å². The third-order valence-corrected chi connectivity index (χ3v) is 3.57. The van der Waals surface area contributed by atoms with Crippen molar-refractivity contribution in [2.75, 3.05) is 13.2 Å². The van der Waals surface area contributed by atoms with Crippen molar-refractivity contribution in [3.8, 4) is 0 Å². The van der Waals surface area contributed by atoms with Gasteiger partial charge in [-0.25, -0.2) is 0 Å². The van der Waals surface area contributed by atoms with Gasteiger partial charge in [-0.3, -0.25) is 0 Å². The molecule has 0 amide bonds. The number of hydrogen-bond acceptors (Lipinski definition) is 3. The van der Waals surface area contributed by atoms with E-state index in [1.54, 1.807) is 0 Å². The Bertz CT molecular complexity index is 341. The molecule has 17 heavy (non-hydrogen) atoms. The van der Waals surface area contributed by atoms with Crippen molar-refractivity contribution in [1.29, 1.82) is 0 Å². The third kappa shape index (κ3) is 7.03. The first-order chi connectivity index (χ1) is 7.87. The molecular formula is C10H12BrF3O2S. The predicted molar refractivity (Wildman–Crippen MR) is 63.2 cm³/mol. The molecule has 1 aromatic heterocycles. The Morgan fingerprint density at radius 3 is 2.65 bits per heavy atom. The van der Waals surface area contributed by atoms with Gasteiger partial charge < -0.3 is 9.84 Å². The summed E-state index contributed by atoms with van der Waals surface area (Å²) in [6.45, 7) is -1.35. The van der Waals surface area contributed by atoms with Gasteiger partial charge in [0.1, 0.15) is 6.61 Å². The van der Waals surface area contributed by atoms with Gasteiger partial charge in [0.2, 0.25) is 0 Å². The number of aliphatic hydroxyl groups is 1. The van der Waals surface area contributed by atoms with E-state index in [1.807, 2.05) is 12.1 Å². The molecule has 0 bridgehead atoms. The zero-order valence-electron chi connectivity index (χ0n) is 8.84. The van der Waals surface area contributed by atoms with Gasteiger partial charge in [0.05, 0.1) is 9.89 Å². The summed E-state index contributed by atoms with van der Waals surface area (Å²) in [5.41, 5.74) is 0. The summed E-state index contributed by atoms with van der Waals surface area (Å²) < 4.78 is 40.6. The van der Waals surface area contributed by atoms with Gasteiger partial charge in [0.25, 0.3) is 0 Å². The van der Waals surface area contributed by atoms with Gasteiger partial charge in [-0.15, -0.1) is 11.3 Å². The lowest BCUT2D eigenvalue weighted by Crippen LogP contribution is -2.20. The average Bonchev–Trinajstić information content (AvgIpc) is 2.57. The van der Waals surface area contributed by atoms with Crippen LogP contribution in [0.15, 0.2) is 15.9 Å². The topological polar surface area (TPSA) is 29.5 Å². The molecule has 1 aromatic rings. The summed E-state index contributed by atoms with van der Waals surface area (Å²) in [7, 11) is 0. The van der Waals surface area contributed by atoms with E-state index in [9.17, 15) is 18.3 Å². The Balaban J connectivity index is 2.15. The number of aliphatic hydroxyl groups excluding tert-OH is 1. The van der Waals surface area contributed by atoms with E-state index < -0.39 is 18.9 Å². The van der Waals surface area contributed by atoms with Gasteiger partial charge in [-0.1, -0.05) is 0 Å². The van der Waals surface area contributed by atoms with E-state index in [2.05, 4.69) is 20.7 Å². The fraction of sp³-hybridized carbons (Fsp3) is 0.600. The molecule has 0 saturated carbocycles. The second kappa shape index (κ2) is 6.72. The molecule has 7 heteroatoms. The monoisotopic (exact) mass is 332 g/mol. The molecule has 0 saturated heterocycles. The highest BCUT2D eigenvalue weighted by Gasteiger charge is 2.27. The fourth-order valence-electron chi connectivity index (χ4n) is 1.20. The summed E-state index contributed by atoms with van der Waals surface area (Å²) >= 11 is 4.79. The van der Waals surface area contributed by atoms with E-state index >= 15 is 0 Å². The van der Waals surface area contributed by atoms with Gasteiger partial charge in [-0.05, 0) is 34.5 Å². The first-order valence-electron chi connectivity index (χ1n) is 4.93. The molecule has 0 fully saturated rings. The Labute approximate surface area is 110 Å². The summed E-state index contributed by atoms with van der Waals surface area (Å²) in [4.78, 5) is 0.986. The molecule has 1 N–H and O–H groups in total. The zero-order valence-corrected chi connectivity index (χ0v) is 11.2. The molecule has 2 nitrogen and oxygen atoms in total. The number of ether oxygens (including phenoxy) is 1. The third-order valence-electron chi connectivity index (χ3n) is 1.93. The Kier molecular flexibility index (Phi) is 5.91. The maximum absolute atomic E-state index is 11.7. The second-order valence-corrected chi connectivity index (χ2v) is 6.07. The molecule has 0 radical (unpaired) electrons. The first kappa shape index (κ1) is 14.9. The standard InChI is InChI=1S/C10H12BrF3O2S/c11-9-2-1-8(17-9)5-7(15)3-4-16-6-10(12,13)14/h1-2,7,15H,3-6H2. The van der Waals surface area contributed by atoms with Crippen LogP contribution in [0.5, 0.6) is 0 Å². The lowest BCUT2D eigenvalue weighted by atomic mass is 10.2. The number of hydrogen-bond donors (Lipinski definition) is 1. The van der Waals surface area contributed by atoms with Crippen molar-refractivity contribution in [2.24, 2.45) is 0 Å². The van der Waals surface area contributed by atoms with Crippen LogP contribution in [-0.4, -0.2) is 30.6 Å². The highest BCUT2D eigenvalue weighted by Crippen LogP contribution is 2.23. The lowest BCUT2D eigenvalue weighted by Gasteiger charge is -2.11. The van der Waals surface area contributed by atoms with Crippen LogP contribution < -0.4 is 0 Å². The Hall–Kier alpha value is -0.110. The van der Waals surface area contributed by atoms with Gasteiger partial charge in [-0.2, -0.15) is 13.2 Å². The quantitative estimate of drug-likeness (QED) is 0.809. The molecule has 0 aliphatic rings. The van der Waals surface area contributed by atoms with E-state index in [0.29, 0.717) is 6.42 Å². The average molecular weight is 333 g/mol. The second-order valence-electron chi connectivity index (χ2n) is 3.52. The molecular weight excluding hydrogens is 321 g/mol. The molecule has 0 aliphatic heterocycles. The first-order valence-corrected chi connectivity index (χ1v) is 6.54. The van der Waals surface area contributed by atoms with Gasteiger partial charge in [0.15, 0.2) is 0 Å². The maximum atomic E-state index is 11.7. The fourth-order valence-corrected chi connectivity index (χ4v) is 2.76. The number of thiophene rings is 1. The Morgan fingerprint density at radius 2 is 2.12 bits per heavy atom. The van der Waals surface area contributed by atoms with Crippen molar-refractivity contribution >= 4 is 27.3 Å². The van der Waals surface area contributed by atoms with Crippen LogP contribution in [0.1, 0.15) is 11.3 Å². The zero-order chi connectivity index (χ0) is 12.9. The Morgan fingerprint density at radius 1 is 1.41 bits per heavy atom. The number of rotatable bonds is 6.